The summed E-state index contributed by atoms with van der Waals surface area (Å²) in [5.41, 5.74) is 0.244. The first-order valence-corrected chi connectivity index (χ1v) is 7.51. The van der Waals surface area contributed by atoms with Crippen molar-refractivity contribution in [3.63, 3.8) is 0 Å². The molecule has 0 radical (unpaired) electrons. The molecule has 0 unspecified atom stereocenters. The summed E-state index contributed by atoms with van der Waals surface area (Å²) < 4.78 is 0.574. The van der Waals surface area contributed by atoms with Crippen molar-refractivity contribution in [1.82, 2.24) is 5.32 Å². The van der Waals surface area contributed by atoms with Gasteiger partial charge < -0.3 is 5.32 Å². The lowest BCUT2D eigenvalue weighted by molar-refractivity contribution is -0.384. The van der Waals surface area contributed by atoms with Gasteiger partial charge in [-0.2, -0.15) is 0 Å². The summed E-state index contributed by atoms with van der Waals surface area (Å²) in [5, 5.41) is 13.7. The van der Waals surface area contributed by atoms with Gasteiger partial charge in [-0.05, 0) is 53.6 Å². The molecule has 1 aliphatic carbocycles. The van der Waals surface area contributed by atoms with Crippen molar-refractivity contribution < 1.29 is 9.72 Å². The predicted octanol–water partition coefficient (Wildman–Crippen LogP) is 3.67. The molecule has 1 fully saturated rings. The number of amides is 1. The minimum atomic E-state index is -0.495. The second kappa shape index (κ2) is 6.35. The van der Waals surface area contributed by atoms with E-state index in [0.29, 0.717) is 16.0 Å². The number of hydrogen-bond donors (Lipinski definition) is 1. The van der Waals surface area contributed by atoms with Crippen LogP contribution in [0.5, 0.6) is 0 Å². The molecule has 0 bridgehead atoms. The maximum absolute atomic E-state index is 12.2. The molecule has 0 heterocycles. The van der Waals surface area contributed by atoms with Gasteiger partial charge in [0.2, 0.25) is 0 Å². The minimum Gasteiger partial charge on any atom is -0.349 e. The lowest BCUT2D eigenvalue weighted by Gasteiger charge is -2.27. The average molecular weight is 341 g/mol. The van der Waals surface area contributed by atoms with E-state index in [0.717, 1.165) is 25.7 Å². The number of carbonyl (C=O) groups is 1. The van der Waals surface area contributed by atoms with Crippen LogP contribution < -0.4 is 5.32 Å². The molecule has 0 saturated heterocycles. The Morgan fingerprint density at radius 3 is 2.60 bits per heavy atom. The highest BCUT2D eigenvalue weighted by Gasteiger charge is 2.22. The fourth-order valence-corrected chi connectivity index (χ4v) is 2.90. The van der Waals surface area contributed by atoms with E-state index < -0.39 is 4.92 Å². The second-order valence-electron chi connectivity index (χ2n) is 5.35. The van der Waals surface area contributed by atoms with Crippen molar-refractivity contribution in [2.45, 2.75) is 38.6 Å². The van der Waals surface area contributed by atoms with Crippen molar-refractivity contribution in [1.29, 1.82) is 0 Å². The van der Waals surface area contributed by atoms with Crippen LogP contribution in [-0.2, 0) is 0 Å². The third-order valence-electron chi connectivity index (χ3n) is 3.76. The van der Waals surface area contributed by atoms with Crippen molar-refractivity contribution in [2.75, 3.05) is 0 Å². The van der Waals surface area contributed by atoms with Crippen LogP contribution in [0.1, 0.15) is 43.0 Å². The van der Waals surface area contributed by atoms with Crippen LogP contribution >= 0.6 is 15.9 Å². The predicted molar refractivity (Wildman–Crippen MR) is 79.7 cm³/mol. The Morgan fingerprint density at radius 1 is 1.35 bits per heavy atom. The SMILES string of the molecule is CC1CCC(NC(=O)c2cc([N+](=O)[O-])ccc2Br)CC1. The first kappa shape index (κ1) is 15.0. The van der Waals surface area contributed by atoms with Crippen molar-refractivity contribution in [3.05, 3.63) is 38.3 Å². The molecule has 1 aromatic rings. The monoisotopic (exact) mass is 340 g/mol. The smallest absolute Gasteiger partial charge is 0.270 e. The number of rotatable bonds is 3. The van der Waals surface area contributed by atoms with E-state index in [-0.39, 0.29) is 17.6 Å². The van der Waals surface area contributed by atoms with Gasteiger partial charge in [0.1, 0.15) is 0 Å². The Balaban J connectivity index is 2.08. The van der Waals surface area contributed by atoms with Crippen LogP contribution in [0.3, 0.4) is 0 Å². The van der Waals surface area contributed by atoms with Crippen LogP contribution in [0.2, 0.25) is 0 Å². The van der Waals surface area contributed by atoms with E-state index in [2.05, 4.69) is 28.2 Å². The van der Waals surface area contributed by atoms with Crippen LogP contribution in [0, 0.1) is 16.0 Å². The van der Waals surface area contributed by atoms with Gasteiger partial charge in [-0.1, -0.05) is 6.92 Å². The van der Waals surface area contributed by atoms with Crippen LogP contribution in [0.25, 0.3) is 0 Å². The van der Waals surface area contributed by atoms with Gasteiger partial charge in [0.15, 0.2) is 0 Å². The number of nitro benzene ring substituents is 1. The highest BCUT2D eigenvalue weighted by atomic mass is 79.9. The zero-order valence-corrected chi connectivity index (χ0v) is 12.9. The quantitative estimate of drug-likeness (QED) is 0.673. The number of hydrogen-bond acceptors (Lipinski definition) is 3. The third kappa shape index (κ3) is 3.56. The lowest BCUT2D eigenvalue weighted by atomic mass is 9.87. The summed E-state index contributed by atoms with van der Waals surface area (Å²) in [7, 11) is 0. The van der Waals surface area contributed by atoms with Gasteiger partial charge in [0.25, 0.3) is 11.6 Å². The van der Waals surface area contributed by atoms with Gasteiger partial charge in [-0.3, -0.25) is 14.9 Å². The number of non-ortho nitro benzene ring substituents is 1. The highest BCUT2D eigenvalue weighted by molar-refractivity contribution is 9.10. The molecule has 0 aromatic heterocycles. The van der Waals surface area contributed by atoms with Crippen molar-refractivity contribution in [3.8, 4) is 0 Å². The van der Waals surface area contributed by atoms with Crippen LogP contribution in [-0.4, -0.2) is 16.9 Å². The van der Waals surface area contributed by atoms with E-state index in [1.807, 2.05) is 0 Å². The van der Waals surface area contributed by atoms with Crippen molar-refractivity contribution >= 4 is 27.5 Å². The van der Waals surface area contributed by atoms with Gasteiger partial charge in [-0.25, -0.2) is 0 Å². The third-order valence-corrected chi connectivity index (χ3v) is 4.45. The topological polar surface area (TPSA) is 72.2 Å². The molecule has 1 aliphatic rings. The van der Waals surface area contributed by atoms with E-state index in [4.69, 9.17) is 0 Å². The molecule has 108 valence electrons. The highest BCUT2D eigenvalue weighted by Crippen LogP contribution is 2.25. The molecular weight excluding hydrogens is 324 g/mol. The number of nitro groups is 1. The van der Waals surface area contributed by atoms with Crippen molar-refractivity contribution in [2.24, 2.45) is 5.92 Å². The molecule has 2 rings (SSSR count). The first-order valence-electron chi connectivity index (χ1n) is 6.72. The van der Waals surface area contributed by atoms with Gasteiger partial charge in [0.05, 0.1) is 10.5 Å². The summed E-state index contributed by atoms with van der Waals surface area (Å²) in [6, 6.07) is 4.40. The fraction of sp³-hybridized carbons (Fsp3) is 0.500. The maximum atomic E-state index is 12.2. The number of nitrogens with one attached hydrogen (secondary N) is 1. The van der Waals surface area contributed by atoms with Crippen LogP contribution in [0.15, 0.2) is 22.7 Å². The largest absolute Gasteiger partial charge is 0.349 e. The summed E-state index contributed by atoms with van der Waals surface area (Å²) in [5.74, 6) is 0.466. The minimum absolute atomic E-state index is 0.0735. The molecule has 6 heteroatoms. The maximum Gasteiger partial charge on any atom is 0.270 e. The number of halogens is 1. The Kier molecular flexibility index (Phi) is 4.75. The summed E-state index contributed by atoms with van der Waals surface area (Å²) >= 11 is 3.27. The Morgan fingerprint density at radius 2 is 2.00 bits per heavy atom. The molecule has 20 heavy (non-hydrogen) atoms. The molecule has 1 saturated carbocycles. The van der Waals surface area contributed by atoms with Gasteiger partial charge >= 0.3 is 0 Å². The Bertz CT molecular complexity index is 525. The van der Waals surface area contributed by atoms with Gasteiger partial charge in [0, 0.05) is 22.6 Å². The second-order valence-corrected chi connectivity index (χ2v) is 6.21. The normalized spacial score (nSPS) is 22.3. The average Bonchev–Trinajstić information content (AvgIpc) is 2.41. The lowest BCUT2D eigenvalue weighted by Crippen LogP contribution is -2.37. The fourth-order valence-electron chi connectivity index (χ4n) is 2.47. The summed E-state index contributed by atoms with van der Waals surface area (Å²) in [4.78, 5) is 22.5. The van der Waals surface area contributed by atoms with E-state index in [9.17, 15) is 14.9 Å². The molecule has 0 spiro atoms. The van der Waals surface area contributed by atoms with Crippen LogP contribution in [0.4, 0.5) is 5.69 Å². The molecule has 0 aliphatic heterocycles. The standard InChI is InChI=1S/C14H17BrN2O3/c1-9-2-4-10(5-3-9)16-14(18)12-8-11(17(19)20)6-7-13(12)15/h6-10H,2-5H2,1H3,(H,16,18). The number of carbonyl (C=O) groups excluding carboxylic acids is 1. The van der Waals surface area contributed by atoms with Gasteiger partial charge in [-0.15, -0.1) is 0 Å². The Hall–Kier alpha value is -1.43. The summed E-state index contributed by atoms with van der Waals surface area (Å²) in [6.07, 6.45) is 4.17. The molecule has 1 amide bonds. The molecule has 0 atom stereocenters. The Labute approximate surface area is 126 Å². The molecular formula is C14H17BrN2O3. The molecule has 5 nitrogen and oxygen atoms in total. The number of nitrogens with zero attached hydrogens (tertiary/aromatic N) is 1. The first-order chi connectivity index (χ1) is 9.47. The summed E-state index contributed by atoms with van der Waals surface area (Å²) in [6.45, 7) is 2.22. The van der Waals surface area contributed by atoms with E-state index >= 15 is 0 Å². The zero-order chi connectivity index (χ0) is 14.7. The number of benzene rings is 1. The molecule has 1 aromatic carbocycles. The van der Waals surface area contributed by atoms with E-state index in [1.165, 1.54) is 18.2 Å². The van der Waals surface area contributed by atoms with E-state index in [1.54, 1.807) is 0 Å². The zero-order valence-electron chi connectivity index (χ0n) is 11.3. The molecule has 1 N–H and O–H groups in total.